The zero-order valence-electron chi connectivity index (χ0n) is 11.1. The normalized spacial score (nSPS) is 10.5. The van der Waals surface area contributed by atoms with Crippen molar-refractivity contribution in [2.45, 2.75) is 6.61 Å². The van der Waals surface area contributed by atoms with Crippen LogP contribution in [0.2, 0.25) is 0 Å². The number of phenols is 2. The first-order chi connectivity index (χ1) is 10.1. The molecule has 0 aliphatic rings. The zero-order chi connectivity index (χ0) is 15.1. The van der Waals surface area contributed by atoms with Crippen LogP contribution in [0.1, 0.15) is 11.1 Å². The Morgan fingerprint density at radius 2 is 1.90 bits per heavy atom. The van der Waals surface area contributed by atoms with Gasteiger partial charge in [0.05, 0.1) is 6.21 Å². The van der Waals surface area contributed by atoms with E-state index in [2.05, 4.69) is 10.5 Å². The lowest BCUT2D eigenvalue weighted by Crippen LogP contribution is -2.18. The molecule has 6 heteroatoms. The van der Waals surface area contributed by atoms with E-state index in [1.807, 2.05) is 30.3 Å². The molecule has 0 aliphatic heterocycles. The Hall–Kier alpha value is -3.02. The SMILES string of the molecule is O=C(N/N=C/c1ccc(O)c(O)c1)OCc1ccccc1. The molecular formula is C15H14N2O4. The van der Waals surface area contributed by atoms with Crippen LogP contribution in [0.3, 0.4) is 0 Å². The van der Waals surface area contributed by atoms with Gasteiger partial charge in [0.15, 0.2) is 11.5 Å². The Labute approximate surface area is 121 Å². The number of carbonyl (C=O) groups is 1. The van der Waals surface area contributed by atoms with Crippen molar-refractivity contribution in [1.29, 1.82) is 0 Å². The molecule has 0 heterocycles. The first-order valence-corrected chi connectivity index (χ1v) is 6.17. The van der Waals surface area contributed by atoms with Crippen LogP contribution in [-0.2, 0) is 11.3 Å². The van der Waals surface area contributed by atoms with Gasteiger partial charge in [-0.25, -0.2) is 10.2 Å². The van der Waals surface area contributed by atoms with Crippen molar-refractivity contribution < 1.29 is 19.7 Å². The Morgan fingerprint density at radius 1 is 1.14 bits per heavy atom. The second-order valence-electron chi connectivity index (χ2n) is 4.18. The van der Waals surface area contributed by atoms with Crippen molar-refractivity contribution in [3.63, 3.8) is 0 Å². The van der Waals surface area contributed by atoms with Gasteiger partial charge in [0, 0.05) is 0 Å². The predicted molar refractivity (Wildman–Crippen MR) is 77.1 cm³/mol. The number of amides is 1. The summed E-state index contributed by atoms with van der Waals surface area (Å²) >= 11 is 0. The minimum atomic E-state index is -0.682. The Balaban J connectivity index is 1.80. The number of nitrogens with zero attached hydrogens (tertiary/aromatic N) is 1. The molecule has 0 radical (unpaired) electrons. The Morgan fingerprint density at radius 3 is 2.62 bits per heavy atom. The van der Waals surface area contributed by atoms with E-state index < -0.39 is 6.09 Å². The van der Waals surface area contributed by atoms with Gasteiger partial charge in [-0.15, -0.1) is 0 Å². The number of nitrogens with one attached hydrogen (secondary N) is 1. The second-order valence-corrected chi connectivity index (χ2v) is 4.18. The van der Waals surface area contributed by atoms with Crippen LogP contribution < -0.4 is 5.43 Å². The van der Waals surface area contributed by atoms with Crippen LogP contribution in [0.25, 0.3) is 0 Å². The number of ether oxygens (including phenoxy) is 1. The topological polar surface area (TPSA) is 91.2 Å². The number of hydrazone groups is 1. The summed E-state index contributed by atoms with van der Waals surface area (Å²) in [6, 6.07) is 13.4. The Bertz CT molecular complexity index is 641. The summed E-state index contributed by atoms with van der Waals surface area (Å²) in [5.74, 6) is -0.479. The van der Waals surface area contributed by atoms with E-state index in [9.17, 15) is 9.90 Å². The lowest BCUT2D eigenvalue weighted by Gasteiger charge is -2.03. The van der Waals surface area contributed by atoms with Gasteiger partial charge in [0.25, 0.3) is 0 Å². The fourth-order valence-electron chi connectivity index (χ4n) is 1.54. The molecule has 21 heavy (non-hydrogen) atoms. The summed E-state index contributed by atoms with van der Waals surface area (Å²) in [4.78, 5) is 11.4. The van der Waals surface area contributed by atoms with Crippen molar-refractivity contribution in [3.05, 3.63) is 59.7 Å². The van der Waals surface area contributed by atoms with E-state index in [4.69, 9.17) is 9.84 Å². The van der Waals surface area contributed by atoms with Gasteiger partial charge in [-0.3, -0.25) is 0 Å². The van der Waals surface area contributed by atoms with Gasteiger partial charge in [0.2, 0.25) is 0 Å². The molecule has 2 aromatic carbocycles. The third-order valence-corrected chi connectivity index (χ3v) is 2.58. The van der Waals surface area contributed by atoms with E-state index in [-0.39, 0.29) is 18.1 Å². The largest absolute Gasteiger partial charge is 0.504 e. The molecule has 2 rings (SSSR count). The first-order valence-electron chi connectivity index (χ1n) is 6.17. The van der Waals surface area contributed by atoms with Crippen LogP contribution in [0.15, 0.2) is 53.6 Å². The van der Waals surface area contributed by atoms with Crippen LogP contribution in [-0.4, -0.2) is 22.5 Å². The molecule has 108 valence electrons. The molecule has 0 spiro atoms. The number of carbonyl (C=O) groups excluding carboxylic acids is 1. The fraction of sp³-hybridized carbons (Fsp3) is 0.0667. The highest BCUT2D eigenvalue weighted by Gasteiger charge is 2.01. The number of hydrogen-bond acceptors (Lipinski definition) is 5. The molecule has 0 fully saturated rings. The highest BCUT2D eigenvalue weighted by Crippen LogP contribution is 2.23. The summed E-state index contributed by atoms with van der Waals surface area (Å²) in [5, 5.41) is 22.1. The van der Waals surface area contributed by atoms with E-state index in [1.54, 1.807) is 0 Å². The molecule has 0 atom stereocenters. The van der Waals surface area contributed by atoms with Gasteiger partial charge in [-0.05, 0) is 29.3 Å². The number of aromatic hydroxyl groups is 2. The average molecular weight is 286 g/mol. The molecule has 0 saturated heterocycles. The molecule has 0 aromatic heterocycles. The maximum Gasteiger partial charge on any atom is 0.428 e. The highest BCUT2D eigenvalue weighted by molar-refractivity contribution is 5.81. The summed E-state index contributed by atoms with van der Waals surface area (Å²) in [6.45, 7) is 0.155. The zero-order valence-corrected chi connectivity index (χ0v) is 11.1. The molecule has 0 bridgehead atoms. The maximum absolute atomic E-state index is 11.4. The summed E-state index contributed by atoms with van der Waals surface area (Å²) in [7, 11) is 0. The van der Waals surface area contributed by atoms with Crippen LogP contribution >= 0.6 is 0 Å². The molecule has 6 nitrogen and oxygen atoms in total. The van der Waals surface area contributed by atoms with Gasteiger partial charge in [0.1, 0.15) is 6.61 Å². The van der Waals surface area contributed by atoms with Crippen molar-refractivity contribution >= 4 is 12.3 Å². The van der Waals surface area contributed by atoms with Crippen LogP contribution in [0.4, 0.5) is 4.79 Å². The van der Waals surface area contributed by atoms with E-state index in [1.165, 1.54) is 24.4 Å². The summed E-state index contributed by atoms with van der Waals surface area (Å²) < 4.78 is 4.96. The fourth-order valence-corrected chi connectivity index (χ4v) is 1.54. The van der Waals surface area contributed by atoms with Gasteiger partial charge < -0.3 is 14.9 Å². The molecule has 0 aliphatic carbocycles. The van der Waals surface area contributed by atoms with Crippen LogP contribution in [0.5, 0.6) is 11.5 Å². The lowest BCUT2D eigenvalue weighted by atomic mass is 10.2. The summed E-state index contributed by atoms with van der Waals surface area (Å²) in [6.07, 6.45) is 0.640. The van der Waals surface area contributed by atoms with Gasteiger partial charge in [-0.1, -0.05) is 30.3 Å². The molecule has 2 aromatic rings. The van der Waals surface area contributed by atoms with E-state index >= 15 is 0 Å². The third kappa shape index (κ3) is 4.54. The quantitative estimate of drug-likeness (QED) is 0.457. The van der Waals surface area contributed by atoms with Crippen molar-refractivity contribution in [3.8, 4) is 11.5 Å². The number of hydrogen-bond donors (Lipinski definition) is 3. The summed E-state index contributed by atoms with van der Waals surface area (Å²) in [5.41, 5.74) is 3.60. The minimum absolute atomic E-state index is 0.155. The molecular weight excluding hydrogens is 272 g/mol. The number of phenolic OH excluding ortho intramolecular Hbond substituents is 2. The van der Waals surface area contributed by atoms with Gasteiger partial charge >= 0.3 is 6.09 Å². The molecule has 0 unspecified atom stereocenters. The maximum atomic E-state index is 11.4. The third-order valence-electron chi connectivity index (χ3n) is 2.58. The second kappa shape index (κ2) is 6.95. The first kappa shape index (κ1) is 14.4. The van der Waals surface area contributed by atoms with Crippen LogP contribution in [0, 0.1) is 0 Å². The van der Waals surface area contributed by atoms with E-state index in [0.717, 1.165) is 5.56 Å². The van der Waals surface area contributed by atoms with E-state index in [0.29, 0.717) is 5.56 Å². The highest BCUT2D eigenvalue weighted by atomic mass is 16.5. The molecule has 3 N–H and O–H groups in total. The Kier molecular flexibility index (Phi) is 4.76. The number of rotatable bonds is 4. The molecule has 0 saturated carbocycles. The lowest BCUT2D eigenvalue weighted by molar-refractivity contribution is 0.140. The smallest absolute Gasteiger partial charge is 0.428 e. The predicted octanol–water partition coefficient (Wildman–Crippen LogP) is 2.36. The van der Waals surface area contributed by atoms with Gasteiger partial charge in [-0.2, -0.15) is 5.10 Å². The van der Waals surface area contributed by atoms with Crippen molar-refractivity contribution in [2.24, 2.45) is 5.10 Å². The monoisotopic (exact) mass is 286 g/mol. The molecule has 1 amide bonds. The standard InChI is InChI=1S/C15H14N2O4/c18-13-7-6-12(8-14(13)19)9-16-17-15(20)21-10-11-4-2-1-3-5-11/h1-9,18-19H,10H2,(H,17,20)/b16-9+. The van der Waals surface area contributed by atoms with Crippen molar-refractivity contribution in [1.82, 2.24) is 5.43 Å². The minimum Gasteiger partial charge on any atom is -0.504 e. The number of benzene rings is 2. The average Bonchev–Trinajstić information content (AvgIpc) is 2.50. The van der Waals surface area contributed by atoms with Crippen molar-refractivity contribution in [2.75, 3.05) is 0 Å².